The number of amides is 1. The van der Waals surface area contributed by atoms with Gasteiger partial charge in [0.1, 0.15) is 4.21 Å². The number of hydrogen-bond donors (Lipinski definition) is 2. The molecule has 3 rings (SSSR count). The molecule has 1 saturated carbocycles. The van der Waals surface area contributed by atoms with E-state index in [-0.39, 0.29) is 10.8 Å². The third-order valence-corrected chi connectivity index (χ3v) is 6.85. The highest BCUT2D eigenvalue weighted by molar-refractivity contribution is 7.91. The predicted octanol–water partition coefficient (Wildman–Crippen LogP) is 1.92. The number of thiophene rings is 1. The molecule has 0 spiro atoms. The van der Waals surface area contributed by atoms with Crippen LogP contribution in [0.25, 0.3) is 0 Å². The summed E-state index contributed by atoms with van der Waals surface area (Å²) in [5, 5.41) is 4.37. The molecule has 2 aromatic rings. The largest absolute Gasteiger partial charge is 0.477 e. The number of hydrogen-bond acceptors (Lipinski definition) is 6. The number of carbonyl (C=O) groups excluding carboxylic acids is 1. The number of nitrogens with one attached hydrogen (secondary N) is 2. The summed E-state index contributed by atoms with van der Waals surface area (Å²) >= 11 is 1.10. The first-order valence-corrected chi connectivity index (χ1v) is 10.7. The molecule has 0 aromatic carbocycles. The van der Waals surface area contributed by atoms with Gasteiger partial charge in [0.05, 0.1) is 12.6 Å². The molecule has 0 aliphatic heterocycles. The Bertz CT molecular complexity index is 831. The fourth-order valence-electron chi connectivity index (χ4n) is 2.19. The molecule has 1 amide bonds. The molecule has 2 N–H and O–H groups in total. The van der Waals surface area contributed by atoms with Gasteiger partial charge in [-0.2, -0.15) is 4.72 Å². The average molecular weight is 396 g/mol. The number of sulfonamides is 1. The molecule has 1 aliphatic carbocycles. The molecule has 7 nitrogen and oxygen atoms in total. The minimum absolute atomic E-state index is 0.183. The number of pyridine rings is 1. The van der Waals surface area contributed by atoms with Crippen LogP contribution in [0.2, 0.25) is 0 Å². The van der Waals surface area contributed by atoms with Crippen LogP contribution in [0.4, 0.5) is 0 Å². The van der Waals surface area contributed by atoms with E-state index in [1.807, 2.05) is 6.07 Å². The second-order valence-corrected chi connectivity index (χ2v) is 9.14. The van der Waals surface area contributed by atoms with Crippen molar-refractivity contribution in [2.24, 2.45) is 5.92 Å². The third-order valence-electron chi connectivity index (χ3n) is 3.91. The quantitative estimate of drug-likeness (QED) is 0.676. The van der Waals surface area contributed by atoms with Crippen LogP contribution < -0.4 is 14.8 Å². The molecular formula is C17H21N3O4S2. The standard InChI is InChI=1S/C17H21N3O4S2/c1-12(20-26(22,23)16-3-2-8-25-16)17(21)19-10-14-6-7-15(18-9-14)24-11-13-4-5-13/h2-3,6-9,12-13,20H,4-5,10-11H2,1H3,(H,19,21). The van der Waals surface area contributed by atoms with E-state index in [1.165, 1.54) is 25.8 Å². The van der Waals surface area contributed by atoms with Gasteiger partial charge in [-0.15, -0.1) is 11.3 Å². The molecule has 0 saturated heterocycles. The lowest BCUT2D eigenvalue weighted by atomic mass is 10.2. The highest BCUT2D eigenvalue weighted by Crippen LogP contribution is 2.29. The molecule has 1 unspecified atom stereocenters. The highest BCUT2D eigenvalue weighted by atomic mass is 32.2. The van der Waals surface area contributed by atoms with E-state index in [1.54, 1.807) is 23.7 Å². The van der Waals surface area contributed by atoms with Crippen molar-refractivity contribution in [3.8, 4) is 5.88 Å². The first-order valence-electron chi connectivity index (χ1n) is 8.35. The Labute approximate surface area is 156 Å². The molecule has 2 aromatic heterocycles. The molecule has 9 heteroatoms. The number of rotatable bonds is 9. The molecule has 1 atom stereocenters. The zero-order valence-corrected chi connectivity index (χ0v) is 16.0. The molecule has 2 heterocycles. The Hall–Kier alpha value is -1.97. The van der Waals surface area contributed by atoms with E-state index >= 15 is 0 Å². The van der Waals surface area contributed by atoms with Gasteiger partial charge >= 0.3 is 0 Å². The number of carbonyl (C=O) groups is 1. The van der Waals surface area contributed by atoms with Gasteiger partial charge in [-0.3, -0.25) is 4.79 Å². The van der Waals surface area contributed by atoms with Gasteiger partial charge in [0.25, 0.3) is 10.0 Å². The first kappa shape index (κ1) is 18.8. The van der Waals surface area contributed by atoms with Crippen LogP contribution in [0.15, 0.2) is 40.1 Å². The summed E-state index contributed by atoms with van der Waals surface area (Å²) in [6.45, 7) is 2.47. The van der Waals surface area contributed by atoms with Crippen molar-refractivity contribution in [1.29, 1.82) is 0 Å². The zero-order valence-electron chi connectivity index (χ0n) is 14.3. The van der Waals surface area contributed by atoms with Gasteiger partial charge in [-0.25, -0.2) is 13.4 Å². The van der Waals surface area contributed by atoms with Gasteiger partial charge in [-0.05, 0) is 42.7 Å². The molecule has 1 aliphatic rings. The van der Waals surface area contributed by atoms with E-state index < -0.39 is 22.0 Å². The fourth-order valence-corrected chi connectivity index (χ4v) is 4.40. The summed E-state index contributed by atoms with van der Waals surface area (Å²) in [7, 11) is -3.68. The Kier molecular flexibility index (Phi) is 5.90. The van der Waals surface area contributed by atoms with Crippen molar-refractivity contribution < 1.29 is 17.9 Å². The van der Waals surface area contributed by atoms with Crippen molar-refractivity contribution in [3.63, 3.8) is 0 Å². The van der Waals surface area contributed by atoms with Crippen LogP contribution >= 0.6 is 11.3 Å². The Morgan fingerprint density at radius 2 is 2.19 bits per heavy atom. The highest BCUT2D eigenvalue weighted by Gasteiger charge is 2.23. The number of nitrogens with zero attached hydrogens (tertiary/aromatic N) is 1. The predicted molar refractivity (Wildman–Crippen MR) is 98.4 cm³/mol. The van der Waals surface area contributed by atoms with Crippen LogP contribution in [0.3, 0.4) is 0 Å². The average Bonchev–Trinajstić information content (AvgIpc) is 3.27. The molecule has 0 bridgehead atoms. The number of ether oxygens (including phenoxy) is 1. The van der Waals surface area contributed by atoms with Gasteiger partial charge in [-0.1, -0.05) is 12.1 Å². The third kappa shape index (κ3) is 5.26. The Balaban J connectivity index is 1.46. The maximum Gasteiger partial charge on any atom is 0.250 e. The van der Waals surface area contributed by atoms with E-state index in [0.717, 1.165) is 16.9 Å². The molecular weight excluding hydrogens is 374 g/mol. The summed E-state index contributed by atoms with van der Waals surface area (Å²) < 4.78 is 32.4. The van der Waals surface area contributed by atoms with Crippen molar-refractivity contribution >= 4 is 27.3 Å². The maximum atomic E-state index is 12.1. The van der Waals surface area contributed by atoms with Crippen molar-refractivity contribution in [2.75, 3.05) is 6.61 Å². The van der Waals surface area contributed by atoms with E-state index in [9.17, 15) is 13.2 Å². The lowest BCUT2D eigenvalue weighted by Crippen LogP contribution is -2.44. The van der Waals surface area contributed by atoms with E-state index in [4.69, 9.17) is 4.74 Å². The van der Waals surface area contributed by atoms with Crippen LogP contribution in [0, 0.1) is 5.92 Å². The normalized spacial score (nSPS) is 15.4. The van der Waals surface area contributed by atoms with Crippen LogP contribution in [0.5, 0.6) is 5.88 Å². The lowest BCUT2D eigenvalue weighted by molar-refractivity contribution is -0.122. The van der Waals surface area contributed by atoms with Crippen molar-refractivity contribution in [3.05, 3.63) is 41.4 Å². The van der Waals surface area contributed by atoms with Crippen LogP contribution in [-0.2, 0) is 21.4 Å². The van der Waals surface area contributed by atoms with Crippen LogP contribution in [-0.4, -0.2) is 32.0 Å². The summed E-state index contributed by atoms with van der Waals surface area (Å²) in [4.78, 5) is 16.3. The van der Waals surface area contributed by atoms with Crippen molar-refractivity contribution in [2.45, 2.75) is 36.6 Å². The smallest absolute Gasteiger partial charge is 0.250 e. The molecule has 0 radical (unpaired) electrons. The second-order valence-electron chi connectivity index (χ2n) is 6.25. The number of aromatic nitrogens is 1. The van der Waals surface area contributed by atoms with Gasteiger partial charge < -0.3 is 10.1 Å². The molecule has 140 valence electrons. The molecule has 26 heavy (non-hydrogen) atoms. The van der Waals surface area contributed by atoms with E-state index in [2.05, 4.69) is 15.0 Å². The van der Waals surface area contributed by atoms with Gasteiger partial charge in [0.15, 0.2) is 0 Å². The van der Waals surface area contributed by atoms with Gasteiger partial charge in [0, 0.05) is 18.8 Å². The monoisotopic (exact) mass is 395 g/mol. The minimum Gasteiger partial charge on any atom is -0.477 e. The fraction of sp³-hybridized carbons (Fsp3) is 0.412. The first-order chi connectivity index (χ1) is 12.4. The Morgan fingerprint density at radius 3 is 2.81 bits per heavy atom. The van der Waals surface area contributed by atoms with Crippen LogP contribution in [0.1, 0.15) is 25.3 Å². The lowest BCUT2D eigenvalue weighted by Gasteiger charge is -2.14. The minimum atomic E-state index is -3.68. The SMILES string of the molecule is CC(NS(=O)(=O)c1cccs1)C(=O)NCc1ccc(OCC2CC2)nc1. The summed E-state index contributed by atoms with van der Waals surface area (Å²) in [5.74, 6) is 0.832. The second kappa shape index (κ2) is 8.15. The summed E-state index contributed by atoms with van der Waals surface area (Å²) in [6, 6.07) is 5.87. The van der Waals surface area contributed by atoms with E-state index in [0.29, 0.717) is 18.4 Å². The summed E-state index contributed by atoms with van der Waals surface area (Å²) in [6.07, 6.45) is 4.08. The topological polar surface area (TPSA) is 97.4 Å². The zero-order chi connectivity index (χ0) is 18.6. The maximum absolute atomic E-state index is 12.1. The van der Waals surface area contributed by atoms with Gasteiger partial charge in [0.2, 0.25) is 11.8 Å². The Morgan fingerprint density at radius 1 is 1.38 bits per heavy atom. The van der Waals surface area contributed by atoms with Crippen molar-refractivity contribution in [1.82, 2.24) is 15.0 Å². The summed E-state index contributed by atoms with van der Waals surface area (Å²) in [5.41, 5.74) is 0.811. The molecule has 1 fully saturated rings.